The zero-order chi connectivity index (χ0) is 18.1. The molecule has 0 atom stereocenters. The molecule has 0 unspecified atom stereocenters. The van der Waals surface area contributed by atoms with Gasteiger partial charge in [0.25, 0.3) is 5.91 Å². The van der Waals surface area contributed by atoms with Gasteiger partial charge in [0.1, 0.15) is 5.82 Å². The molecule has 0 radical (unpaired) electrons. The van der Waals surface area contributed by atoms with Crippen molar-refractivity contribution < 1.29 is 9.18 Å². The minimum Gasteiger partial charge on any atom is -0.399 e. The lowest BCUT2D eigenvalue weighted by Crippen LogP contribution is -2.11. The highest BCUT2D eigenvalue weighted by Gasteiger charge is 2.12. The van der Waals surface area contributed by atoms with Gasteiger partial charge in [-0.3, -0.25) is 9.89 Å². The van der Waals surface area contributed by atoms with Gasteiger partial charge in [-0.1, -0.05) is 6.07 Å². The second-order valence-corrected chi connectivity index (χ2v) is 5.92. The number of nitrogens with two attached hydrogens (primary N) is 1. The van der Waals surface area contributed by atoms with E-state index in [1.54, 1.807) is 54.6 Å². The lowest BCUT2D eigenvalue weighted by molar-refractivity contribution is 0.102. The lowest BCUT2D eigenvalue weighted by atomic mass is 10.1. The molecule has 0 aliphatic rings. The molecule has 26 heavy (non-hydrogen) atoms. The molecular weight excluding hydrogens is 331 g/mol. The van der Waals surface area contributed by atoms with Crippen molar-refractivity contribution in [1.82, 2.24) is 10.2 Å². The van der Waals surface area contributed by atoms with E-state index in [2.05, 4.69) is 15.5 Å². The predicted molar refractivity (Wildman–Crippen MR) is 100 cm³/mol. The number of nitrogens with one attached hydrogen (secondary N) is 2. The van der Waals surface area contributed by atoms with Crippen LogP contribution >= 0.6 is 0 Å². The lowest BCUT2D eigenvalue weighted by Gasteiger charge is -2.06. The number of carbonyl (C=O) groups excluding carboxylic acids is 1. The van der Waals surface area contributed by atoms with Crippen molar-refractivity contribution in [2.24, 2.45) is 0 Å². The van der Waals surface area contributed by atoms with Gasteiger partial charge in [-0.15, -0.1) is 0 Å². The van der Waals surface area contributed by atoms with Crippen LogP contribution in [0.1, 0.15) is 10.4 Å². The van der Waals surface area contributed by atoms with Gasteiger partial charge in [0.15, 0.2) is 0 Å². The number of hydrogen-bond donors (Lipinski definition) is 3. The molecule has 3 aromatic carbocycles. The van der Waals surface area contributed by atoms with Crippen molar-refractivity contribution in [2.45, 2.75) is 0 Å². The number of benzene rings is 3. The molecule has 0 saturated carbocycles. The van der Waals surface area contributed by atoms with Crippen LogP contribution < -0.4 is 11.1 Å². The summed E-state index contributed by atoms with van der Waals surface area (Å²) in [6, 6.07) is 18.3. The Morgan fingerprint density at radius 3 is 2.62 bits per heavy atom. The van der Waals surface area contributed by atoms with E-state index in [0.29, 0.717) is 22.6 Å². The zero-order valence-electron chi connectivity index (χ0n) is 13.7. The fourth-order valence-corrected chi connectivity index (χ4v) is 2.80. The van der Waals surface area contributed by atoms with Crippen LogP contribution in [0.2, 0.25) is 0 Å². The van der Waals surface area contributed by atoms with Gasteiger partial charge < -0.3 is 11.1 Å². The highest BCUT2D eigenvalue weighted by atomic mass is 19.1. The number of nitrogens with zero attached hydrogens (tertiary/aromatic N) is 1. The van der Waals surface area contributed by atoms with Crippen LogP contribution in [-0.4, -0.2) is 16.1 Å². The van der Waals surface area contributed by atoms with Crippen LogP contribution in [0, 0.1) is 5.82 Å². The molecule has 0 aliphatic carbocycles. The van der Waals surface area contributed by atoms with Gasteiger partial charge in [0, 0.05) is 27.9 Å². The van der Waals surface area contributed by atoms with Gasteiger partial charge in [-0.05, 0) is 60.7 Å². The molecule has 0 fully saturated rings. The van der Waals surface area contributed by atoms with Gasteiger partial charge in [-0.25, -0.2) is 4.39 Å². The fourth-order valence-electron chi connectivity index (χ4n) is 2.80. The van der Waals surface area contributed by atoms with Crippen molar-refractivity contribution in [3.8, 4) is 11.3 Å². The van der Waals surface area contributed by atoms with E-state index in [4.69, 9.17) is 5.73 Å². The Kier molecular flexibility index (Phi) is 3.85. The summed E-state index contributed by atoms with van der Waals surface area (Å²) in [6.45, 7) is 0. The number of H-pyrrole nitrogens is 1. The maximum atomic E-state index is 13.2. The molecule has 1 amide bonds. The standard InChI is InChI=1S/C20H15FN4O/c21-14-7-4-12(5-8-14)19-17-10-13(6-9-18(17)24-25-19)20(26)23-16-3-1-2-15(22)11-16/h1-11H,22H2,(H,23,26)(H,24,25). The summed E-state index contributed by atoms with van der Waals surface area (Å²) in [5, 5.41) is 10.8. The Hall–Kier alpha value is -3.67. The minimum absolute atomic E-state index is 0.247. The Labute approximate surface area is 148 Å². The average molecular weight is 346 g/mol. The molecule has 128 valence electrons. The molecular formula is C20H15FN4O. The number of rotatable bonds is 3. The van der Waals surface area contributed by atoms with E-state index >= 15 is 0 Å². The molecule has 4 N–H and O–H groups in total. The highest BCUT2D eigenvalue weighted by Crippen LogP contribution is 2.27. The third-order valence-electron chi connectivity index (χ3n) is 4.09. The SMILES string of the molecule is Nc1cccc(NC(=O)c2ccc3[nH]nc(-c4ccc(F)cc4)c3c2)c1. The first kappa shape index (κ1) is 15.8. The fraction of sp³-hybridized carbons (Fsp3) is 0. The number of halogens is 1. The Morgan fingerprint density at radius 2 is 1.85 bits per heavy atom. The number of aromatic amines is 1. The van der Waals surface area contributed by atoms with E-state index in [-0.39, 0.29) is 11.7 Å². The highest BCUT2D eigenvalue weighted by molar-refractivity contribution is 6.07. The van der Waals surface area contributed by atoms with Crippen LogP contribution in [0.4, 0.5) is 15.8 Å². The first-order valence-electron chi connectivity index (χ1n) is 8.01. The number of amides is 1. The molecule has 1 heterocycles. The van der Waals surface area contributed by atoms with Crippen LogP contribution in [0.5, 0.6) is 0 Å². The summed E-state index contributed by atoms with van der Waals surface area (Å²) in [5.74, 6) is -0.556. The molecule has 4 rings (SSSR count). The quantitative estimate of drug-likeness (QED) is 0.486. The normalized spacial score (nSPS) is 10.8. The first-order valence-corrected chi connectivity index (χ1v) is 8.01. The third-order valence-corrected chi connectivity index (χ3v) is 4.09. The van der Waals surface area contributed by atoms with Crippen LogP contribution in [0.15, 0.2) is 66.7 Å². The molecule has 0 bridgehead atoms. The molecule has 0 aliphatic heterocycles. The Bertz CT molecular complexity index is 1100. The first-order chi connectivity index (χ1) is 12.6. The molecule has 6 heteroatoms. The summed E-state index contributed by atoms with van der Waals surface area (Å²) < 4.78 is 13.2. The number of aromatic nitrogens is 2. The number of hydrogen-bond acceptors (Lipinski definition) is 3. The maximum absolute atomic E-state index is 13.2. The van der Waals surface area contributed by atoms with Crippen molar-refractivity contribution in [1.29, 1.82) is 0 Å². The Balaban J connectivity index is 1.69. The van der Waals surface area contributed by atoms with Gasteiger partial charge >= 0.3 is 0 Å². The summed E-state index contributed by atoms with van der Waals surface area (Å²) in [4.78, 5) is 12.6. The summed E-state index contributed by atoms with van der Waals surface area (Å²) in [6.07, 6.45) is 0. The van der Waals surface area contributed by atoms with Crippen molar-refractivity contribution >= 4 is 28.2 Å². The van der Waals surface area contributed by atoms with Gasteiger partial charge in [0.2, 0.25) is 0 Å². The largest absolute Gasteiger partial charge is 0.399 e. The van der Waals surface area contributed by atoms with Crippen LogP contribution in [0.3, 0.4) is 0 Å². The average Bonchev–Trinajstić information content (AvgIpc) is 3.05. The molecule has 4 aromatic rings. The van der Waals surface area contributed by atoms with E-state index < -0.39 is 0 Å². The predicted octanol–water partition coefficient (Wildman–Crippen LogP) is 4.20. The monoisotopic (exact) mass is 346 g/mol. The van der Waals surface area contributed by atoms with Crippen molar-refractivity contribution in [3.63, 3.8) is 0 Å². The smallest absolute Gasteiger partial charge is 0.255 e. The number of fused-ring (bicyclic) bond motifs is 1. The molecule has 0 spiro atoms. The summed E-state index contributed by atoms with van der Waals surface area (Å²) in [5.41, 5.74) is 9.66. The van der Waals surface area contributed by atoms with E-state index in [1.165, 1.54) is 12.1 Å². The van der Waals surface area contributed by atoms with E-state index in [1.807, 2.05) is 0 Å². The number of carbonyl (C=O) groups is 1. The summed E-state index contributed by atoms with van der Waals surface area (Å²) in [7, 11) is 0. The minimum atomic E-state index is -0.309. The number of nitrogen functional groups attached to an aromatic ring is 1. The van der Waals surface area contributed by atoms with Gasteiger partial charge in [0.05, 0.1) is 11.2 Å². The maximum Gasteiger partial charge on any atom is 0.255 e. The summed E-state index contributed by atoms with van der Waals surface area (Å²) >= 11 is 0. The Morgan fingerprint density at radius 1 is 1.04 bits per heavy atom. The number of anilines is 2. The van der Waals surface area contributed by atoms with E-state index in [0.717, 1.165) is 16.5 Å². The van der Waals surface area contributed by atoms with Crippen LogP contribution in [-0.2, 0) is 0 Å². The second kappa shape index (κ2) is 6.33. The molecule has 0 saturated heterocycles. The van der Waals surface area contributed by atoms with Gasteiger partial charge in [-0.2, -0.15) is 5.10 Å². The van der Waals surface area contributed by atoms with Crippen LogP contribution in [0.25, 0.3) is 22.2 Å². The topological polar surface area (TPSA) is 83.8 Å². The molecule has 1 aromatic heterocycles. The van der Waals surface area contributed by atoms with Crippen molar-refractivity contribution in [3.05, 3.63) is 78.1 Å². The second-order valence-electron chi connectivity index (χ2n) is 5.92. The zero-order valence-corrected chi connectivity index (χ0v) is 13.7. The van der Waals surface area contributed by atoms with Crippen molar-refractivity contribution in [2.75, 3.05) is 11.1 Å². The van der Waals surface area contributed by atoms with E-state index in [9.17, 15) is 9.18 Å². The molecule has 5 nitrogen and oxygen atoms in total. The third kappa shape index (κ3) is 3.00.